The standard InChI is InChI=1S/C14H22N2O4S/c1-5-21(19,20)13-10-11(16(17)18)6-7-12(13)15-9-8-14(2,3)4/h6-7,10,15H,5,8-9H2,1-4H3. The van der Waals surface area contributed by atoms with Crippen molar-refractivity contribution in [3.05, 3.63) is 28.3 Å². The van der Waals surface area contributed by atoms with Gasteiger partial charge < -0.3 is 5.32 Å². The molecule has 0 aliphatic carbocycles. The van der Waals surface area contributed by atoms with E-state index in [2.05, 4.69) is 26.1 Å². The molecule has 0 radical (unpaired) electrons. The van der Waals surface area contributed by atoms with Crippen LogP contribution in [0.4, 0.5) is 11.4 Å². The maximum absolute atomic E-state index is 12.1. The third-order valence-electron chi connectivity index (χ3n) is 3.08. The Labute approximate surface area is 125 Å². The molecule has 0 bridgehead atoms. The lowest BCUT2D eigenvalue weighted by molar-refractivity contribution is -0.385. The van der Waals surface area contributed by atoms with Gasteiger partial charge >= 0.3 is 0 Å². The van der Waals surface area contributed by atoms with Gasteiger partial charge in [-0.1, -0.05) is 27.7 Å². The Morgan fingerprint density at radius 1 is 1.29 bits per heavy atom. The van der Waals surface area contributed by atoms with E-state index in [1.807, 2.05) is 0 Å². The van der Waals surface area contributed by atoms with Crippen molar-refractivity contribution in [3.8, 4) is 0 Å². The van der Waals surface area contributed by atoms with Gasteiger partial charge in [-0.15, -0.1) is 0 Å². The summed E-state index contributed by atoms with van der Waals surface area (Å²) in [6.45, 7) is 8.40. The molecule has 0 aliphatic rings. The second-order valence-electron chi connectivity index (χ2n) is 6.08. The Morgan fingerprint density at radius 3 is 2.38 bits per heavy atom. The molecule has 0 spiro atoms. The minimum Gasteiger partial charge on any atom is -0.384 e. The molecule has 0 amide bonds. The first-order valence-electron chi connectivity index (χ1n) is 6.82. The van der Waals surface area contributed by atoms with Gasteiger partial charge in [0.25, 0.3) is 5.69 Å². The molecule has 0 aliphatic heterocycles. The number of non-ortho nitro benzene ring substituents is 1. The van der Waals surface area contributed by atoms with Gasteiger partial charge in [-0.2, -0.15) is 0 Å². The fourth-order valence-corrected chi connectivity index (χ4v) is 2.84. The lowest BCUT2D eigenvalue weighted by atomic mass is 9.92. The Hall–Kier alpha value is -1.63. The molecule has 1 aromatic rings. The number of nitro benzene ring substituents is 1. The smallest absolute Gasteiger partial charge is 0.270 e. The van der Waals surface area contributed by atoms with Crippen LogP contribution in [0.3, 0.4) is 0 Å². The Balaban J connectivity index is 3.11. The molecule has 1 aromatic carbocycles. The summed E-state index contributed by atoms with van der Waals surface area (Å²) in [5.74, 6) is -0.0951. The van der Waals surface area contributed by atoms with Crippen molar-refractivity contribution < 1.29 is 13.3 Å². The molecule has 0 heterocycles. The van der Waals surface area contributed by atoms with Crippen LogP contribution in [0, 0.1) is 15.5 Å². The number of hydrogen-bond donors (Lipinski definition) is 1. The van der Waals surface area contributed by atoms with E-state index >= 15 is 0 Å². The predicted octanol–water partition coefficient (Wildman–Crippen LogP) is 3.24. The topological polar surface area (TPSA) is 89.3 Å². The molecule has 118 valence electrons. The number of benzene rings is 1. The van der Waals surface area contributed by atoms with Gasteiger partial charge in [-0.05, 0) is 17.9 Å². The monoisotopic (exact) mass is 314 g/mol. The zero-order valence-corrected chi connectivity index (χ0v) is 13.7. The largest absolute Gasteiger partial charge is 0.384 e. The second kappa shape index (κ2) is 6.43. The highest BCUT2D eigenvalue weighted by molar-refractivity contribution is 7.91. The van der Waals surface area contributed by atoms with Crippen molar-refractivity contribution in [2.75, 3.05) is 17.6 Å². The number of hydrogen-bond acceptors (Lipinski definition) is 5. The highest BCUT2D eigenvalue weighted by Gasteiger charge is 2.21. The molecular weight excluding hydrogens is 292 g/mol. The quantitative estimate of drug-likeness (QED) is 0.643. The van der Waals surface area contributed by atoms with E-state index in [1.54, 1.807) is 0 Å². The molecule has 0 saturated carbocycles. The minimum absolute atomic E-state index is 0.00638. The number of nitro groups is 1. The number of anilines is 1. The van der Waals surface area contributed by atoms with Crippen LogP contribution >= 0.6 is 0 Å². The first-order valence-corrected chi connectivity index (χ1v) is 8.47. The molecule has 1 N–H and O–H groups in total. The van der Waals surface area contributed by atoms with Crippen molar-refractivity contribution in [2.45, 2.75) is 39.0 Å². The summed E-state index contributed by atoms with van der Waals surface area (Å²) in [7, 11) is -3.52. The van der Waals surface area contributed by atoms with E-state index in [1.165, 1.54) is 19.1 Å². The zero-order chi connectivity index (χ0) is 16.3. The molecule has 7 heteroatoms. The van der Waals surface area contributed by atoms with E-state index in [4.69, 9.17) is 0 Å². The van der Waals surface area contributed by atoms with Crippen LogP contribution in [0.25, 0.3) is 0 Å². The van der Waals surface area contributed by atoms with Crippen LogP contribution in [0.1, 0.15) is 34.1 Å². The fraction of sp³-hybridized carbons (Fsp3) is 0.571. The number of sulfone groups is 1. The van der Waals surface area contributed by atoms with Crippen molar-refractivity contribution in [2.24, 2.45) is 5.41 Å². The maximum atomic E-state index is 12.1. The van der Waals surface area contributed by atoms with Gasteiger partial charge in [0.2, 0.25) is 0 Å². The SMILES string of the molecule is CCS(=O)(=O)c1cc([N+](=O)[O-])ccc1NCCC(C)(C)C. The summed E-state index contributed by atoms with van der Waals surface area (Å²) < 4.78 is 24.2. The molecular formula is C14H22N2O4S. The summed E-state index contributed by atoms with van der Waals surface area (Å²) in [6.07, 6.45) is 0.857. The predicted molar refractivity (Wildman–Crippen MR) is 83.4 cm³/mol. The lowest BCUT2D eigenvalue weighted by Crippen LogP contribution is -2.15. The van der Waals surface area contributed by atoms with Gasteiger partial charge in [0.15, 0.2) is 9.84 Å². The van der Waals surface area contributed by atoms with E-state index < -0.39 is 14.8 Å². The van der Waals surface area contributed by atoms with Crippen LogP contribution < -0.4 is 5.32 Å². The maximum Gasteiger partial charge on any atom is 0.270 e. The normalized spacial score (nSPS) is 12.2. The third kappa shape index (κ3) is 5.00. The summed E-state index contributed by atoms with van der Waals surface area (Å²) >= 11 is 0. The van der Waals surface area contributed by atoms with Gasteiger partial charge in [0.1, 0.15) is 0 Å². The summed E-state index contributed by atoms with van der Waals surface area (Å²) in [6, 6.07) is 3.90. The molecule has 1 rings (SSSR count). The molecule has 21 heavy (non-hydrogen) atoms. The second-order valence-corrected chi connectivity index (χ2v) is 8.33. The molecule has 6 nitrogen and oxygen atoms in total. The Kier molecular flexibility index (Phi) is 5.33. The first-order chi connectivity index (χ1) is 9.57. The van der Waals surface area contributed by atoms with E-state index in [-0.39, 0.29) is 21.8 Å². The molecule has 0 aromatic heterocycles. The van der Waals surface area contributed by atoms with Crippen LogP contribution in [-0.4, -0.2) is 25.6 Å². The molecule has 0 atom stereocenters. The highest BCUT2D eigenvalue weighted by atomic mass is 32.2. The summed E-state index contributed by atoms with van der Waals surface area (Å²) in [5.41, 5.74) is 0.326. The van der Waals surface area contributed by atoms with Crippen molar-refractivity contribution >= 4 is 21.2 Å². The van der Waals surface area contributed by atoms with E-state index in [0.29, 0.717) is 12.2 Å². The van der Waals surface area contributed by atoms with Crippen molar-refractivity contribution in [1.29, 1.82) is 0 Å². The first kappa shape index (κ1) is 17.4. The summed E-state index contributed by atoms with van der Waals surface area (Å²) in [5, 5.41) is 13.9. The van der Waals surface area contributed by atoms with Crippen molar-refractivity contribution in [3.63, 3.8) is 0 Å². The number of nitrogens with one attached hydrogen (secondary N) is 1. The van der Waals surface area contributed by atoms with Crippen LogP contribution in [0.15, 0.2) is 23.1 Å². The van der Waals surface area contributed by atoms with Gasteiger partial charge in [-0.3, -0.25) is 10.1 Å². The van der Waals surface area contributed by atoms with E-state index in [0.717, 1.165) is 12.5 Å². The van der Waals surface area contributed by atoms with Crippen LogP contribution in [0.5, 0.6) is 0 Å². The lowest BCUT2D eigenvalue weighted by Gasteiger charge is -2.19. The average Bonchev–Trinajstić information content (AvgIpc) is 2.37. The summed E-state index contributed by atoms with van der Waals surface area (Å²) in [4.78, 5) is 10.2. The number of rotatable bonds is 6. The van der Waals surface area contributed by atoms with Crippen molar-refractivity contribution in [1.82, 2.24) is 0 Å². The molecule has 0 fully saturated rings. The zero-order valence-electron chi connectivity index (χ0n) is 12.8. The van der Waals surface area contributed by atoms with E-state index in [9.17, 15) is 18.5 Å². The Bertz CT molecular complexity index is 618. The third-order valence-corrected chi connectivity index (χ3v) is 4.85. The highest BCUT2D eigenvalue weighted by Crippen LogP contribution is 2.28. The molecule has 0 saturated heterocycles. The van der Waals surface area contributed by atoms with Crippen LogP contribution in [0.2, 0.25) is 0 Å². The Morgan fingerprint density at radius 2 is 1.90 bits per heavy atom. The average molecular weight is 314 g/mol. The van der Waals surface area contributed by atoms with Gasteiger partial charge in [-0.25, -0.2) is 8.42 Å². The number of nitrogens with zero attached hydrogens (tertiary/aromatic N) is 1. The fourth-order valence-electron chi connectivity index (χ4n) is 1.76. The van der Waals surface area contributed by atoms with Gasteiger partial charge in [0.05, 0.1) is 21.3 Å². The van der Waals surface area contributed by atoms with Gasteiger partial charge in [0, 0.05) is 18.7 Å². The molecule has 0 unspecified atom stereocenters. The van der Waals surface area contributed by atoms with Crippen LogP contribution in [-0.2, 0) is 9.84 Å². The minimum atomic E-state index is -3.52.